The number of imidazole rings is 1. The fraction of sp³-hybridized carbons (Fsp3) is 0.312. The molecule has 4 unspecified atom stereocenters. The summed E-state index contributed by atoms with van der Waals surface area (Å²) in [7, 11) is 0. The van der Waals surface area contributed by atoms with Crippen LogP contribution in [0.3, 0.4) is 0 Å². The van der Waals surface area contributed by atoms with Gasteiger partial charge in [0, 0.05) is 12.4 Å². The van der Waals surface area contributed by atoms with Crippen molar-refractivity contribution < 1.29 is 24.5 Å². The van der Waals surface area contributed by atoms with E-state index in [1.807, 2.05) is 0 Å². The van der Waals surface area contributed by atoms with Gasteiger partial charge in [-0.1, -0.05) is 0 Å². The molecular weight excluding hydrogens is 356 g/mol. The molecule has 0 aromatic carbocycles. The van der Waals surface area contributed by atoms with Crippen LogP contribution in [0, 0.1) is 0 Å². The Morgan fingerprint density at radius 3 is 2.93 bits per heavy atom. The number of nitrogens with zero attached hydrogens (tertiary/aromatic N) is 5. The second kappa shape index (κ2) is 6.87. The summed E-state index contributed by atoms with van der Waals surface area (Å²) in [5.41, 5.74) is 6.73. The number of carbonyl (C=O) groups is 1. The minimum Gasteiger partial charge on any atom is -0.459 e. The van der Waals surface area contributed by atoms with E-state index >= 15 is 0 Å². The molecule has 1 fully saturated rings. The Bertz CT molecular complexity index is 964. The van der Waals surface area contributed by atoms with Crippen molar-refractivity contribution in [1.29, 1.82) is 0 Å². The summed E-state index contributed by atoms with van der Waals surface area (Å²) in [6.45, 7) is -0.244. The van der Waals surface area contributed by atoms with Crippen LogP contribution in [0.4, 0.5) is 5.82 Å². The van der Waals surface area contributed by atoms with Crippen LogP contribution in [-0.2, 0) is 9.47 Å². The van der Waals surface area contributed by atoms with Gasteiger partial charge in [-0.15, -0.1) is 0 Å². The van der Waals surface area contributed by atoms with Crippen LogP contribution in [0.1, 0.15) is 16.6 Å². The number of hydrogen-bond donors (Lipinski definition) is 3. The maximum Gasteiger partial charge on any atom is 0.339 e. The van der Waals surface area contributed by atoms with E-state index in [1.54, 1.807) is 12.1 Å². The van der Waals surface area contributed by atoms with Crippen molar-refractivity contribution >= 4 is 23.0 Å². The maximum atomic E-state index is 12.0. The Hall–Kier alpha value is -3.15. The molecule has 0 aliphatic carbocycles. The Morgan fingerprint density at radius 2 is 2.15 bits per heavy atom. The lowest BCUT2D eigenvalue weighted by Gasteiger charge is -2.16. The fourth-order valence-electron chi connectivity index (χ4n) is 2.88. The van der Waals surface area contributed by atoms with Gasteiger partial charge < -0.3 is 25.4 Å². The van der Waals surface area contributed by atoms with Crippen molar-refractivity contribution in [1.82, 2.24) is 24.5 Å². The molecule has 11 nitrogen and oxygen atoms in total. The van der Waals surface area contributed by atoms with Crippen LogP contribution in [-0.4, -0.2) is 65.6 Å². The summed E-state index contributed by atoms with van der Waals surface area (Å²) in [5.74, 6) is -0.417. The number of rotatable bonds is 4. The van der Waals surface area contributed by atoms with Gasteiger partial charge in [-0.3, -0.25) is 9.55 Å². The zero-order valence-corrected chi connectivity index (χ0v) is 13.9. The zero-order chi connectivity index (χ0) is 19.0. The molecular formula is C16H16N6O5. The highest BCUT2D eigenvalue weighted by Gasteiger charge is 2.45. The van der Waals surface area contributed by atoms with E-state index in [0.29, 0.717) is 11.2 Å². The SMILES string of the molecule is Nc1ncnc2c1ncn2C1OC(COC(=O)c2cccnc2)C(O)C1O. The van der Waals surface area contributed by atoms with E-state index in [1.165, 1.54) is 29.6 Å². The normalized spacial score (nSPS) is 25.0. The Labute approximate surface area is 152 Å². The first-order valence-electron chi connectivity index (χ1n) is 8.08. The van der Waals surface area contributed by atoms with Crippen molar-refractivity contribution in [3.05, 3.63) is 42.7 Å². The van der Waals surface area contributed by atoms with E-state index in [0.717, 1.165) is 0 Å². The van der Waals surface area contributed by atoms with Gasteiger partial charge in [0.15, 0.2) is 17.7 Å². The van der Waals surface area contributed by atoms with Crippen LogP contribution in [0.5, 0.6) is 0 Å². The first-order valence-corrected chi connectivity index (χ1v) is 8.08. The summed E-state index contributed by atoms with van der Waals surface area (Å²) in [6, 6.07) is 3.16. The highest BCUT2D eigenvalue weighted by molar-refractivity contribution is 5.88. The Balaban J connectivity index is 1.49. The molecule has 0 spiro atoms. The van der Waals surface area contributed by atoms with Crippen LogP contribution in [0.25, 0.3) is 11.2 Å². The molecule has 27 heavy (non-hydrogen) atoms. The van der Waals surface area contributed by atoms with Crippen LogP contribution in [0.2, 0.25) is 0 Å². The topological polar surface area (TPSA) is 158 Å². The average molecular weight is 372 g/mol. The zero-order valence-electron chi connectivity index (χ0n) is 13.9. The van der Waals surface area contributed by atoms with E-state index in [-0.39, 0.29) is 18.0 Å². The Kier molecular flexibility index (Phi) is 4.39. The molecule has 11 heteroatoms. The minimum atomic E-state index is -1.28. The third-order valence-corrected chi connectivity index (χ3v) is 4.27. The number of anilines is 1. The number of ether oxygens (including phenoxy) is 2. The van der Waals surface area contributed by atoms with Gasteiger partial charge in [0.2, 0.25) is 0 Å². The van der Waals surface area contributed by atoms with Crippen molar-refractivity contribution in [3.8, 4) is 0 Å². The lowest BCUT2D eigenvalue weighted by Crippen LogP contribution is -2.34. The second-order valence-corrected chi connectivity index (χ2v) is 5.97. The monoisotopic (exact) mass is 372 g/mol. The van der Waals surface area contributed by atoms with Gasteiger partial charge in [0.25, 0.3) is 0 Å². The van der Waals surface area contributed by atoms with Crippen molar-refractivity contribution in [2.75, 3.05) is 12.3 Å². The van der Waals surface area contributed by atoms with Gasteiger partial charge in [-0.2, -0.15) is 0 Å². The molecule has 1 aliphatic heterocycles. The summed E-state index contributed by atoms with van der Waals surface area (Å²) in [4.78, 5) is 27.9. The maximum absolute atomic E-state index is 12.0. The van der Waals surface area contributed by atoms with Crippen molar-refractivity contribution in [2.24, 2.45) is 0 Å². The third-order valence-electron chi connectivity index (χ3n) is 4.27. The molecule has 3 aromatic rings. The molecule has 0 bridgehead atoms. The number of pyridine rings is 1. The first kappa shape index (κ1) is 17.3. The largest absolute Gasteiger partial charge is 0.459 e. The van der Waals surface area contributed by atoms with Crippen molar-refractivity contribution in [2.45, 2.75) is 24.5 Å². The number of esters is 1. The summed E-state index contributed by atoms with van der Waals surface area (Å²) in [5, 5.41) is 20.6. The molecule has 0 amide bonds. The molecule has 4 rings (SSSR count). The molecule has 1 aliphatic rings. The third kappa shape index (κ3) is 3.07. The van der Waals surface area contributed by atoms with E-state index in [2.05, 4.69) is 19.9 Å². The fourth-order valence-corrected chi connectivity index (χ4v) is 2.88. The standard InChI is InChI=1S/C16H16N6O5/c17-13-10-14(20-6-19-13)22(7-21-10)15-12(24)11(23)9(27-15)5-26-16(25)8-2-1-3-18-4-8/h1-4,6-7,9,11-12,15,23-24H,5H2,(H2,17,19,20). The second-order valence-electron chi connectivity index (χ2n) is 5.97. The summed E-state index contributed by atoms with van der Waals surface area (Å²) in [6.07, 6.45) is 1.11. The van der Waals surface area contributed by atoms with Gasteiger partial charge in [-0.25, -0.2) is 19.7 Å². The van der Waals surface area contributed by atoms with Gasteiger partial charge >= 0.3 is 5.97 Å². The first-order chi connectivity index (χ1) is 13.1. The molecule has 0 saturated carbocycles. The lowest BCUT2D eigenvalue weighted by molar-refractivity contribution is -0.0565. The number of nitrogens with two attached hydrogens (primary N) is 1. The van der Waals surface area contributed by atoms with Crippen LogP contribution >= 0.6 is 0 Å². The molecule has 4 heterocycles. The molecule has 0 radical (unpaired) electrons. The van der Waals surface area contributed by atoms with Gasteiger partial charge in [0.05, 0.1) is 11.9 Å². The Morgan fingerprint density at radius 1 is 1.30 bits per heavy atom. The molecule has 3 aromatic heterocycles. The molecule has 4 N–H and O–H groups in total. The number of fused-ring (bicyclic) bond motifs is 1. The molecule has 1 saturated heterocycles. The van der Waals surface area contributed by atoms with Crippen LogP contribution < -0.4 is 5.73 Å². The van der Waals surface area contributed by atoms with Gasteiger partial charge in [0.1, 0.15) is 36.8 Å². The van der Waals surface area contributed by atoms with Crippen LogP contribution in [0.15, 0.2) is 37.2 Å². The molecule has 140 valence electrons. The number of carbonyl (C=O) groups excluding carboxylic acids is 1. The van der Waals surface area contributed by atoms with E-state index < -0.39 is 30.5 Å². The summed E-state index contributed by atoms with van der Waals surface area (Å²) < 4.78 is 12.3. The number of nitrogen functional groups attached to an aromatic ring is 1. The number of aromatic nitrogens is 5. The van der Waals surface area contributed by atoms with Crippen molar-refractivity contribution in [3.63, 3.8) is 0 Å². The highest BCUT2D eigenvalue weighted by Crippen LogP contribution is 2.32. The molecule has 4 atom stereocenters. The predicted octanol–water partition coefficient (Wildman–Crippen LogP) is -0.720. The minimum absolute atomic E-state index is 0.189. The quantitative estimate of drug-likeness (QED) is 0.499. The average Bonchev–Trinajstić information content (AvgIpc) is 3.23. The smallest absolute Gasteiger partial charge is 0.339 e. The number of aliphatic hydroxyl groups is 2. The summed E-state index contributed by atoms with van der Waals surface area (Å²) >= 11 is 0. The van der Waals surface area contributed by atoms with E-state index in [9.17, 15) is 15.0 Å². The number of aliphatic hydroxyl groups excluding tert-OH is 2. The predicted molar refractivity (Wildman–Crippen MR) is 90.2 cm³/mol. The highest BCUT2D eigenvalue weighted by atomic mass is 16.6. The van der Waals surface area contributed by atoms with Gasteiger partial charge in [-0.05, 0) is 12.1 Å². The number of hydrogen-bond acceptors (Lipinski definition) is 10. The lowest BCUT2D eigenvalue weighted by atomic mass is 10.1. The van der Waals surface area contributed by atoms with E-state index in [4.69, 9.17) is 15.2 Å².